The van der Waals surface area contributed by atoms with Crippen LogP contribution in [0.5, 0.6) is 0 Å². The molecular formula is C89H101Cl4F6N3O18S2. The number of aliphatic hydroxyl groups excluding tert-OH is 4. The number of rotatable bonds is 13. The maximum atomic E-state index is 17.6. The van der Waals surface area contributed by atoms with Crippen LogP contribution in [0.15, 0.2) is 144 Å². The summed E-state index contributed by atoms with van der Waals surface area (Å²) in [5, 5.41) is 51.7. The third-order valence-corrected chi connectivity index (χ3v) is 33.1. The maximum Gasteiger partial charge on any atom is 0.264 e. The average Bonchev–Trinajstić information content (AvgIpc) is 1.45. The zero-order chi connectivity index (χ0) is 88.8. The topological polar surface area (TPSA) is 298 Å². The van der Waals surface area contributed by atoms with Crippen LogP contribution in [0.25, 0.3) is 0 Å². The largest absolute Gasteiger partial charge is 0.390 e. The van der Waals surface area contributed by atoms with E-state index in [9.17, 15) is 66.0 Å². The van der Waals surface area contributed by atoms with Crippen molar-refractivity contribution in [3.05, 3.63) is 176 Å². The van der Waals surface area contributed by atoms with Crippen LogP contribution < -0.4 is 0 Å². The van der Waals surface area contributed by atoms with Crippen molar-refractivity contribution < 1.29 is 111 Å². The first kappa shape index (κ1) is 91.1. The summed E-state index contributed by atoms with van der Waals surface area (Å²) in [4.78, 5) is 96.7. The van der Waals surface area contributed by atoms with E-state index in [0.29, 0.717) is 67.1 Å². The van der Waals surface area contributed by atoms with E-state index >= 15 is 26.3 Å². The zero-order valence-corrected chi connectivity index (χ0v) is 73.4. The number of ketones is 6. The normalized spacial score (nSPS) is 43.6. The second-order valence-electron chi connectivity index (χ2n) is 37.9. The third-order valence-electron chi connectivity index (χ3n) is 31.7. The number of hydrogen-bond donors (Lipinski definition) is 4. The van der Waals surface area contributed by atoms with Gasteiger partial charge >= 0.3 is 0 Å². The molecule has 27 atom stereocenters. The van der Waals surface area contributed by atoms with Gasteiger partial charge in [-0.2, -0.15) is 23.6 Å². The number of hydroxylamine groups is 6. The van der Waals surface area contributed by atoms with Gasteiger partial charge in [0, 0.05) is 133 Å². The summed E-state index contributed by atoms with van der Waals surface area (Å²) >= 11 is 18.1. The highest BCUT2D eigenvalue weighted by Gasteiger charge is 2.84. The predicted molar refractivity (Wildman–Crippen MR) is 439 cm³/mol. The molecule has 9 saturated carbocycles. The zero-order valence-electron chi connectivity index (χ0n) is 68.7. The molecule has 15 aliphatic rings. The Hall–Kier alpha value is -5.68. The number of aliphatic hydroxyl groups is 4. The molecule has 0 bridgehead atoms. The molecule has 0 unspecified atom stereocenters. The van der Waals surface area contributed by atoms with E-state index in [1.165, 1.54) is 62.5 Å². The van der Waals surface area contributed by atoms with E-state index in [-0.39, 0.29) is 91.1 Å². The van der Waals surface area contributed by atoms with Gasteiger partial charge in [-0.05, 0) is 210 Å². The molecule has 21 nitrogen and oxygen atoms in total. The lowest BCUT2D eigenvalue weighted by molar-refractivity contribution is -0.269. The van der Waals surface area contributed by atoms with Crippen LogP contribution >= 0.6 is 45.5 Å². The van der Waals surface area contributed by atoms with E-state index in [1.807, 2.05) is 50.2 Å². The summed E-state index contributed by atoms with van der Waals surface area (Å²) in [7, 11) is -2.66. The summed E-state index contributed by atoms with van der Waals surface area (Å²) in [6.07, 6.45) is 4.27. The Morgan fingerprint density at radius 1 is 0.467 bits per heavy atom. The van der Waals surface area contributed by atoms with Crippen molar-refractivity contribution in [3.8, 4) is 0 Å². The van der Waals surface area contributed by atoms with Gasteiger partial charge in [0.05, 0.1) is 30.8 Å². The van der Waals surface area contributed by atoms with Gasteiger partial charge in [-0.15, -0.1) is 0 Å². The number of allylic oxidation sites excluding steroid dienone is 12. The summed E-state index contributed by atoms with van der Waals surface area (Å²) in [6, 6.07) is 21.8. The number of alkyl halides is 6. The number of Topliss-reactive ketones (excluding diaryl/α,β-unsaturated/α-hetero) is 3. The van der Waals surface area contributed by atoms with Gasteiger partial charge in [-0.1, -0.05) is 110 Å². The fraction of sp³-hybridized carbons (Fsp3) is 0.596. The Labute approximate surface area is 724 Å². The maximum absolute atomic E-state index is 17.6. The molecule has 3 aliphatic heterocycles. The van der Waals surface area contributed by atoms with Crippen LogP contribution in [0.4, 0.5) is 26.3 Å². The molecule has 3 aromatic carbocycles. The first-order chi connectivity index (χ1) is 56.8. The number of benzene rings is 3. The molecule has 0 aromatic heterocycles. The van der Waals surface area contributed by atoms with Crippen molar-refractivity contribution in [1.82, 2.24) is 15.2 Å². The van der Waals surface area contributed by atoms with Crippen molar-refractivity contribution in [3.63, 3.8) is 0 Å². The van der Waals surface area contributed by atoms with E-state index in [2.05, 4.69) is 10.7 Å². The molecule has 12 aliphatic carbocycles. The van der Waals surface area contributed by atoms with Crippen LogP contribution in [0.3, 0.4) is 0 Å². The van der Waals surface area contributed by atoms with Gasteiger partial charge < -0.3 is 20.4 Å². The van der Waals surface area contributed by atoms with Crippen LogP contribution in [0.1, 0.15) is 123 Å². The Morgan fingerprint density at radius 3 is 1.02 bits per heavy atom. The third kappa shape index (κ3) is 13.8. The SMILES string of the molecule is CC(=O)[C@@]12ON(Cc3ccc(Cl)cc3)C[C@@H]1C[C@H]1[C@@H]3C[C@H](F)C4=CC(=O)C=C[C@]4(C)[C@@]3(F)[C@@H](O)C[C@@]12C.CS(=O)(=O)Cl.C[C@]12C=CC(=O)C=C1[C@@H](F)C[C@H]1[C@@H]3C[C@H]4CN(Cc5ccc(Cl)cc5)O[C@@]4(C(=O)CO)[C@@]3(C)C[C@H](O)[C@@]12F.C[C@]12C=CC(=O)C=C1[C@@H](F)C[C@H]1[C@@H]3C[C@H]4CN(Cc5ccc(Cl)cc5)O[C@@]4(C(=O)COS(C)(=O)=O)[C@@]3(C)C[C@H](O)[C@@]12F. The molecule has 0 spiro atoms. The van der Waals surface area contributed by atoms with Crippen molar-refractivity contribution in [2.75, 3.05) is 45.4 Å². The van der Waals surface area contributed by atoms with Gasteiger partial charge in [0.2, 0.25) is 9.05 Å². The smallest absolute Gasteiger partial charge is 0.264 e. The number of hydrogen-bond acceptors (Lipinski definition) is 21. The van der Waals surface area contributed by atoms with Crippen molar-refractivity contribution in [2.45, 2.75) is 197 Å². The second kappa shape index (κ2) is 31.3. The summed E-state index contributed by atoms with van der Waals surface area (Å²) in [6.45, 7) is 12.4. The lowest BCUT2D eigenvalue weighted by Gasteiger charge is -2.63. The van der Waals surface area contributed by atoms with Crippen LogP contribution in [0.2, 0.25) is 15.1 Å². The number of halogens is 10. The summed E-state index contributed by atoms with van der Waals surface area (Å²) in [5.41, 5.74) is -15.7. The Bertz CT molecular complexity index is 5220. The lowest BCUT2D eigenvalue weighted by Crippen LogP contribution is -2.70. The molecule has 122 heavy (non-hydrogen) atoms. The fourth-order valence-electron chi connectivity index (χ4n) is 26.7. The quantitative estimate of drug-likeness (QED) is 0.0702. The number of nitrogens with zero attached hydrogens (tertiary/aromatic N) is 3. The van der Waals surface area contributed by atoms with Gasteiger partial charge in [0.1, 0.15) is 31.7 Å². The first-order valence-electron chi connectivity index (χ1n) is 41.2. The van der Waals surface area contributed by atoms with Gasteiger partial charge in [0.15, 0.2) is 68.5 Å². The summed E-state index contributed by atoms with van der Waals surface area (Å²) in [5.74, 6) is -7.72. The molecule has 12 fully saturated rings. The highest BCUT2D eigenvalue weighted by Crippen LogP contribution is 2.77. The average molecular weight is 1820 g/mol. The molecule has 3 saturated heterocycles. The Morgan fingerprint density at radius 2 is 0.738 bits per heavy atom. The standard InChI is InChI=1S/C30H34ClF2NO7S.C29H32ClF2NO5.C29H32ClF2NO4.CH3ClO2S/c1-27-9-8-20(35)11-23(27)24(32)12-22-21-10-18-15-34(14-17-4-6-19(31)7-5-17)41-30(18,26(37)16-40-42(3,38)39)28(21,2)13-25(36)29(22,27)33;1-26-8-7-19(35)10-22(26)23(31)11-21-20-9-17-14-33(13-16-3-5-18(30)6-4-16)38-29(17,25(37)15-34)27(20,2)12-24(36)28(21,26)32;1-16(34)29-18(15-33(37-29)14-17-4-6-19(30)7-5-17)10-21-22-12-24(31)23-11-20(35)8-9-26(23,2)28(22,32)25(36)13-27(21,29)3;1-5(2,3)4/h4-9,11,18,21-22,24-25,36H,10,12-16H2,1-3H3;3-8,10,17,20-21,23-24,34,36H,9,11-15H2,1-2H3;4-9,11,18,21-22,24-25,36H,10,12-15H2,1-3H3;1H3/t18-,21-,22-,24-,25-,27-,28-,29-,30-;17-,20-,21-,23-,24-,26-,27-,28-,29-;18-,21-,22-,24-,25-,26-,27-,28-,29+;/m000./s1. The second-order valence-corrected chi connectivity index (χ2v) is 43.9. The number of fused-ring (bicyclic) bond motifs is 21. The van der Waals surface area contributed by atoms with Crippen LogP contribution in [-0.4, -0.2) is 203 Å². The molecular weight excluding hydrogens is 1720 g/mol. The highest BCUT2D eigenvalue weighted by molar-refractivity contribution is 8.13. The van der Waals surface area contributed by atoms with Crippen LogP contribution in [-0.2, 0) is 86.3 Å². The minimum atomic E-state index is -3.97. The molecule has 3 heterocycles. The molecule has 3 aromatic rings. The molecule has 4 N–H and O–H groups in total. The van der Waals surface area contributed by atoms with E-state index in [4.69, 9.17) is 53.5 Å². The predicted octanol–water partition coefficient (Wildman–Crippen LogP) is 13.0. The number of carbonyl (C=O) groups is 6. The molecule has 662 valence electrons. The van der Waals surface area contributed by atoms with Crippen molar-refractivity contribution >= 4 is 99.4 Å². The Balaban J connectivity index is 0.000000138. The van der Waals surface area contributed by atoms with E-state index < -0.39 is 194 Å². The monoisotopic (exact) mass is 1820 g/mol. The summed E-state index contributed by atoms with van der Waals surface area (Å²) < 4.78 is 147. The lowest BCUT2D eigenvalue weighted by atomic mass is 9.44. The van der Waals surface area contributed by atoms with Crippen molar-refractivity contribution in [2.24, 2.45) is 85.8 Å². The molecule has 33 heteroatoms. The molecule has 0 amide bonds. The van der Waals surface area contributed by atoms with Gasteiger partial charge in [-0.3, -0.25) is 47.5 Å². The fourth-order valence-corrected chi connectivity index (χ4v) is 27.4. The molecule has 0 radical (unpaired) electrons. The van der Waals surface area contributed by atoms with Crippen molar-refractivity contribution in [1.29, 1.82) is 0 Å². The first-order valence-corrected chi connectivity index (χ1v) is 46.9. The molecule has 18 rings (SSSR count). The van der Waals surface area contributed by atoms with E-state index in [0.717, 1.165) is 35.3 Å². The van der Waals surface area contributed by atoms with Gasteiger partial charge in [-0.25, -0.2) is 34.8 Å². The Kier molecular flexibility index (Phi) is 23.4. The number of carbonyl (C=O) groups excluding carboxylic acids is 6. The highest BCUT2D eigenvalue weighted by atomic mass is 35.7. The van der Waals surface area contributed by atoms with Crippen LogP contribution in [0, 0.1) is 85.8 Å². The van der Waals surface area contributed by atoms with E-state index in [1.54, 1.807) is 72.4 Å². The van der Waals surface area contributed by atoms with Gasteiger partial charge in [0.25, 0.3) is 10.1 Å². The minimum absolute atomic E-state index is 0.0111. The minimum Gasteiger partial charge on any atom is -0.390 e.